The molecule has 7 nitrogen and oxygen atoms in total. The zero-order valence-corrected chi connectivity index (χ0v) is 23.2. The molecule has 1 atom stereocenters. The number of allylic oxidation sites excluding steroid dienone is 1. The van der Waals surface area contributed by atoms with Gasteiger partial charge < -0.3 is 4.74 Å². The molecule has 3 heterocycles. The number of hydrogen-bond acceptors (Lipinski definition) is 6. The van der Waals surface area contributed by atoms with E-state index in [0.717, 1.165) is 22.4 Å². The normalized spacial score (nSPS) is 15.1. The van der Waals surface area contributed by atoms with Gasteiger partial charge in [0.2, 0.25) is 0 Å². The fourth-order valence-electron chi connectivity index (χ4n) is 4.82. The van der Waals surface area contributed by atoms with Crippen molar-refractivity contribution in [3.8, 4) is 16.9 Å². The lowest BCUT2D eigenvalue weighted by Crippen LogP contribution is -2.39. The van der Waals surface area contributed by atoms with Gasteiger partial charge in [0, 0.05) is 22.3 Å². The van der Waals surface area contributed by atoms with Crippen LogP contribution in [0.3, 0.4) is 0 Å². The van der Waals surface area contributed by atoms with Crippen LogP contribution >= 0.6 is 22.9 Å². The molecular weight excluding hydrogens is 544 g/mol. The van der Waals surface area contributed by atoms with Crippen molar-refractivity contribution in [1.29, 1.82) is 0 Å². The van der Waals surface area contributed by atoms with Crippen LogP contribution in [0.25, 0.3) is 23.0 Å². The van der Waals surface area contributed by atoms with Crippen molar-refractivity contribution in [3.63, 3.8) is 0 Å². The van der Waals surface area contributed by atoms with Crippen molar-refractivity contribution in [3.05, 3.63) is 138 Å². The summed E-state index contributed by atoms with van der Waals surface area (Å²) in [5.74, 6) is -0.515. The minimum Gasteiger partial charge on any atom is -0.466 e. The lowest BCUT2D eigenvalue weighted by molar-refractivity contribution is -0.136. The molecule has 5 aromatic rings. The maximum atomic E-state index is 14.0. The first kappa shape index (κ1) is 25.7. The number of benzene rings is 3. The van der Waals surface area contributed by atoms with Gasteiger partial charge >= 0.3 is 5.97 Å². The summed E-state index contributed by atoms with van der Waals surface area (Å²) in [6.45, 7) is 1.77. The zero-order valence-electron chi connectivity index (χ0n) is 21.6. The molecule has 3 aromatic carbocycles. The summed E-state index contributed by atoms with van der Waals surface area (Å²) >= 11 is 7.42. The topological polar surface area (TPSA) is 78.5 Å². The van der Waals surface area contributed by atoms with Crippen LogP contribution in [0.15, 0.2) is 112 Å². The summed E-state index contributed by atoms with van der Waals surface area (Å²) in [7, 11) is 1.33. The third kappa shape index (κ3) is 4.61. The first-order chi connectivity index (χ1) is 19.4. The first-order valence-electron chi connectivity index (χ1n) is 12.5. The van der Waals surface area contributed by atoms with E-state index in [4.69, 9.17) is 21.4 Å². The Morgan fingerprint density at radius 2 is 1.68 bits per heavy atom. The average molecular weight is 567 g/mol. The molecule has 1 unspecified atom stereocenters. The van der Waals surface area contributed by atoms with Crippen molar-refractivity contribution in [2.75, 3.05) is 7.11 Å². The number of ether oxygens (including phenoxy) is 1. The van der Waals surface area contributed by atoms with Gasteiger partial charge in [-0.2, -0.15) is 5.10 Å². The fraction of sp³-hybridized carbons (Fsp3) is 0.0968. The van der Waals surface area contributed by atoms with Crippen LogP contribution in [-0.4, -0.2) is 27.4 Å². The molecule has 6 rings (SSSR count). The smallest absolute Gasteiger partial charge is 0.338 e. The molecule has 2 aromatic heterocycles. The molecule has 0 saturated carbocycles. The Morgan fingerprint density at radius 3 is 2.35 bits per heavy atom. The van der Waals surface area contributed by atoms with E-state index in [9.17, 15) is 9.59 Å². The summed E-state index contributed by atoms with van der Waals surface area (Å²) in [5.41, 5.74) is 4.63. The highest BCUT2D eigenvalue weighted by atomic mass is 35.5. The van der Waals surface area contributed by atoms with E-state index < -0.39 is 12.0 Å². The fourth-order valence-corrected chi connectivity index (χ4v) is 5.99. The number of thiazole rings is 1. The highest BCUT2D eigenvalue weighted by Crippen LogP contribution is 2.30. The maximum absolute atomic E-state index is 14.0. The maximum Gasteiger partial charge on any atom is 0.338 e. The standard InChI is InChI=1S/C31H23ClN4O3S/c1-19-26(30(38)39-2)28(21-9-5-3-6-10-21)36-29(37)25(40-31(36)33-19)17-22-18-35(24-11-7-4-8-12-24)34-27(22)20-13-15-23(32)16-14-20/h3-18,28H,1-2H3/b25-17-. The van der Waals surface area contributed by atoms with E-state index in [0.29, 0.717) is 31.3 Å². The molecule has 0 N–H and O–H groups in total. The SMILES string of the molecule is COC(=O)C1=C(C)N=c2s/c(=C\c3cn(-c4ccccc4)nc3-c3ccc(Cl)cc3)c(=O)n2C1c1ccccc1. The number of nitrogens with zero attached hydrogens (tertiary/aromatic N) is 4. The summed E-state index contributed by atoms with van der Waals surface area (Å²) in [5, 5.41) is 5.48. The number of aromatic nitrogens is 3. The van der Waals surface area contributed by atoms with Gasteiger partial charge in [-0.3, -0.25) is 9.36 Å². The summed E-state index contributed by atoms with van der Waals surface area (Å²) in [4.78, 5) is 32.0. The lowest BCUT2D eigenvalue weighted by atomic mass is 9.96. The predicted molar refractivity (Wildman–Crippen MR) is 156 cm³/mol. The number of hydrogen-bond donors (Lipinski definition) is 0. The number of para-hydroxylation sites is 1. The molecule has 1 aliphatic rings. The van der Waals surface area contributed by atoms with Gasteiger partial charge in [-0.15, -0.1) is 0 Å². The molecule has 0 saturated heterocycles. The molecule has 0 bridgehead atoms. The Kier molecular flexibility index (Phi) is 6.79. The minimum absolute atomic E-state index is 0.249. The molecule has 0 radical (unpaired) electrons. The van der Waals surface area contributed by atoms with Crippen molar-refractivity contribution >= 4 is 35.0 Å². The largest absolute Gasteiger partial charge is 0.466 e. The second-order valence-corrected chi connectivity index (χ2v) is 10.6. The molecule has 0 aliphatic carbocycles. The quantitative estimate of drug-likeness (QED) is 0.283. The second kappa shape index (κ2) is 10.6. The molecule has 40 heavy (non-hydrogen) atoms. The van der Waals surface area contributed by atoms with E-state index in [1.165, 1.54) is 18.4 Å². The number of fused-ring (bicyclic) bond motifs is 1. The van der Waals surface area contributed by atoms with Crippen molar-refractivity contribution in [1.82, 2.24) is 14.3 Å². The van der Waals surface area contributed by atoms with Gasteiger partial charge in [-0.05, 0) is 42.8 Å². The van der Waals surface area contributed by atoms with Crippen molar-refractivity contribution in [2.45, 2.75) is 13.0 Å². The summed E-state index contributed by atoms with van der Waals surface area (Å²) in [6.07, 6.45) is 3.73. The number of halogens is 1. The van der Waals surface area contributed by atoms with Crippen LogP contribution in [-0.2, 0) is 9.53 Å². The van der Waals surface area contributed by atoms with Crippen LogP contribution in [0.1, 0.15) is 24.1 Å². The number of methoxy groups -OCH3 is 1. The van der Waals surface area contributed by atoms with Gasteiger partial charge in [0.1, 0.15) is 5.69 Å². The van der Waals surface area contributed by atoms with E-state index in [1.807, 2.05) is 97.2 Å². The van der Waals surface area contributed by atoms with Gasteiger partial charge in [0.25, 0.3) is 5.56 Å². The van der Waals surface area contributed by atoms with Gasteiger partial charge in [-0.1, -0.05) is 83.6 Å². The van der Waals surface area contributed by atoms with Crippen LogP contribution in [0, 0.1) is 0 Å². The summed E-state index contributed by atoms with van der Waals surface area (Å²) < 4.78 is 8.93. The van der Waals surface area contributed by atoms with Crippen LogP contribution in [0.2, 0.25) is 5.02 Å². The minimum atomic E-state index is -0.658. The van der Waals surface area contributed by atoms with E-state index >= 15 is 0 Å². The first-order valence-corrected chi connectivity index (χ1v) is 13.7. The number of carbonyl (C=O) groups excluding carboxylic acids is 1. The van der Waals surface area contributed by atoms with Gasteiger partial charge in [0.15, 0.2) is 4.80 Å². The van der Waals surface area contributed by atoms with E-state index in [-0.39, 0.29) is 5.56 Å². The molecular formula is C31H23ClN4O3S. The van der Waals surface area contributed by atoms with Crippen LogP contribution in [0.5, 0.6) is 0 Å². The average Bonchev–Trinajstić information content (AvgIpc) is 3.54. The molecule has 0 fully saturated rings. The Hall–Kier alpha value is -4.53. The molecule has 1 aliphatic heterocycles. The lowest BCUT2D eigenvalue weighted by Gasteiger charge is -2.24. The monoisotopic (exact) mass is 566 g/mol. The third-order valence-corrected chi connectivity index (χ3v) is 7.94. The van der Waals surface area contributed by atoms with Crippen molar-refractivity contribution in [2.24, 2.45) is 4.99 Å². The molecule has 0 amide bonds. The predicted octanol–water partition coefficient (Wildman–Crippen LogP) is 4.91. The Balaban J connectivity index is 1.57. The van der Waals surface area contributed by atoms with Gasteiger partial charge in [-0.25, -0.2) is 14.5 Å². The Morgan fingerprint density at radius 1 is 1.00 bits per heavy atom. The van der Waals surface area contributed by atoms with E-state index in [1.54, 1.807) is 16.2 Å². The zero-order chi connectivity index (χ0) is 27.8. The second-order valence-electron chi connectivity index (χ2n) is 9.20. The molecule has 198 valence electrons. The number of rotatable bonds is 5. The van der Waals surface area contributed by atoms with E-state index in [2.05, 4.69) is 4.99 Å². The molecule has 9 heteroatoms. The summed E-state index contributed by atoms with van der Waals surface area (Å²) in [6, 6.07) is 26.0. The van der Waals surface area contributed by atoms with Gasteiger partial charge in [0.05, 0.1) is 34.6 Å². The molecule has 0 spiro atoms. The highest BCUT2D eigenvalue weighted by Gasteiger charge is 2.33. The van der Waals surface area contributed by atoms with Crippen LogP contribution < -0.4 is 14.9 Å². The van der Waals surface area contributed by atoms with Crippen LogP contribution in [0.4, 0.5) is 0 Å². The Labute approximate surface area is 238 Å². The third-order valence-electron chi connectivity index (χ3n) is 6.71. The Bertz CT molecular complexity index is 1940. The van der Waals surface area contributed by atoms with Crippen molar-refractivity contribution < 1.29 is 9.53 Å². The number of carbonyl (C=O) groups is 1. The number of esters is 1. The highest BCUT2D eigenvalue weighted by molar-refractivity contribution is 7.07.